The van der Waals surface area contributed by atoms with Crippen molar-refractivity contribution in [1.29, 1.82) is 0 Å². The Balaban J connectivity index is 1.53. The Kier molecular flexibility index (Phi) is 7.39. The van der Waals surface area contributed by atoms with E-state index in [9.17, 15) is 9.59 Å². The Bertz CT molecular complexity index is 1250. The highest BCUT2D eigenvalue weighted by Gasteiger charge is 2.19. The Morgan fingerprint density at radius 1 is 1.00 bits per heavy atom. The lowest BCUT2D eigenvalue weighted by Gasteiger charge is -2.06. The summed E-state index contributed by atoms with van der Waals surface area (Å²) in [6.45, 7) is 4.75. The van der Waals surface area contributed by atoms with Gasteiger partial charge < -0.3 is 14.5 Å². The topological polar surface area (TPSA) is 93.5 Å². The number of anilines is 2. The van der Waals surface area contributed by atoms with Gasteiger partial charge in [0.2, 0.25) is 0 Å². The highest BCUT2D eigenvalue weighted by Crippen LogP contribution is 2.36. The lowest BCUT2D eigenvalue weighted by atomic mass is 10.1. The maximum Gasteiger partial charge on any atom is 0.292 e. The summed E-state index contributed by atoms with van der Waals surface area (Å²) in [5.41, 5.74) is 2.98. The number of nitrogens with one attached hydrogen (secondary N) is 2. The standard InChI is InChI=1S/C26H25N3O4S/c1-3-4-15-32-20-13-11-19(12-14-20)23(30)29-26-27-22(18-9-7-17(2)8-10-18)25(34-26)28-24(31)21-6-5-16-33-21/h5-14,16H,3-4,15H2,1-2H3,(H,28,31)(H,27,29,30). The van der Waals surface area contributed by atoms with Crippen LogP contribution in [0, 0.1) is 6.92 Å². The van der Waals surface area contributed by atoms with Gasteiger partial charge in [0.05, 0.1) is 12.9 Å². The minimum absolute atomic E-state index is 0.190. The third-order valence-corrected chi connectivity index (χ3v) is 5.91. The molecule has 0 bridgehead atoms. The normalized spacial score (nSPS) is 10.6. The van der Waals surface area contributed by atoms with E-state index in [-0.39, 0.29) is 11.7 Å². The van der Waals surface area contributed by atoms with Gasteiger partial charge in [-0.25, -0.2) is 4.98 Å². The zero-order chi connectivity index (χ0) is 23.9. The molecule has 0 unspecified atom stereocenters. The minimum atomic E-state index is -0.390. The van der Waals surface area contributed by atoms with Gasteiger partial charge in [-0.05, 0) is 49.7 Å². The third kappa shape index (κ3) is 5.71. The molecule has 2 aromatic heterocycles. The number of carbonyl (C=O) groups excluding carboxylic acids is 2. The number of aryl methyl sites for hydroxylation is 1. The summed E-state index contributed by atoms with van der Waals surface area (Å²) in [5, 5.41) is 6.57. The monoisotopic (exact) mass is 475 g/mol. The van der Waals surface area contributed by atoms with Gasteiger partial charge >= 0.3 is 0 Å². The number of thiazole rings is 1. The number of furan rings is 1. The molecule has 0 fully saturated rings. The highest BCUT2D eigenvalue weighted by atomic mass is 32.1. The molecule has 174 valence electrons. The van der Waals surface area contributed by atoms with Crippen LogP contribution in [0.5, 0.6) is 5.75 Å². The number of amides is 2. The fraction of sp³-hybridized carbons (Fsp3) is 0.192. The van der Waals surface area contributed by atoms with Gasteiger partial charge in [-0.15, -0.1) is 0 Å². The van der Waals surface area contributed by atoms with Crippen molar-refractivity contribution in [3.05, 3.63) is 83.8 Å². The summed E-state index contributed by atoms with van der Waals surface area (Å²) < 4.78 is 10.8. The van der Waals surface area contributed by atoms with Gasteiger partial charge in [0.1, 0.15) is 16.4 Å². The summed E-state index contributed by atoms with van der Waals surface area (Å²) >= 11 is 1.18. The van der Waals surface area contributed by atoms with Gasteiger partial charge in [-0.2, -0.15) is 0 Å². The average molecular weight is 476 g/mol. The Morgan fingerprint density at radius 3 is 2.44 bits per heavy atom. The van der Waals surface area contributed by atoms with Crippen LogP contribution >= 0.6 is 11.3 Å². The zero-order valence-corrected chi connectivity index (χ0v) is 19.8. The molecule has 2 N–H and O–H groups in total. The number of hydrogen-bond donors (Lipinski definition) is 2. The number of unbranched alkanes of at least 4 members (excludes halogenated alkanes) is 1. The molecule has 2 aromatic carbocycles. The maximum absolute atomic E-state index is 12.8. The molecule has 0 aliphatic rings. The second-order valence-electron chi connectivity index (χ2n) is 7.67. The third-order valence-electron chi connectivity index (χ3n) is 5.03. The first-order valence-electron chi connectivity index (χ1n) is 11.0. The lowest BCUT2D eigenvalue weighted by Crippen LogP contribution is -2.11. The van der Waals surface area contributed by atoms with Crippen LogP contribution in [0.2, 0.25) is 0 Å². The largest absolute Gasteiger partial charge is 0.494 e. The summed E-state index contributed by atoms with van der Waals surface area (Å²) in [4.78, 5) is 30.0. The van der Waals surface area contributed by atoms with Gasteiger partial charge in [0.15, 0.2) is 10.9 Å². The molecule has 4 rings (SSSR count). The highest BCUT2D eigenvalue weighted by molar-refractivity contribution is 7.20. The van der Waals surface area contributed by atoms with Crippen LogP contribution < -0.4 is 15.4 Å². The molecule has 0 radical (unpaired) electrons. The molecule has 2 heterocycles. The van der Waals surface area contributed by atoms with E-state index in [2.05, 4.69) is 22.5 Å². The van der Waals surface area contributed by atoms with E-state index in [0.29, 0.717) is 28.0 Å². The van der Waals surface area contributed by atoms with E-state index in [1.165, 1.54) is 17.6 Å². The minimum Gasteiger partial charge on any atom is -0.494 e. The quantitative estimate of drug-likeness (QED) is 0.273. The number of benzene rings is 2. The van der Waals surface area contributed by atoms with Crippen molar-refractivity contribution < 1.29 is 18.7 Å². The van der Waals surface area contributed by atoms with Crippen LogP contribution in [-0.2, 0) is 0 Å². The van der Waals surface area contributed by atoms with Crippen LogP contribution in [0.1, 0.15) is 46.2 Å². The van der Waals surface area contributed by atoms with Gasteiger partial charge in [-0.1, -0.05) is 54.5 Å². The molecule has 4 aromatic rings. The van der Waals surface area contributed by atoms with E-state index < -0.39 is 5.91 Å². The van der Waals surface area contributed by atoms with Crippen molar-refractivity contribution in [2.75, 3.05) is 17.2 Å². The van der Waals surface area contributed by atoms with Crippen LogP contribution in [0.4, 0.5) is 10.1 Å². The summed E-state index contributed by atoms with van der Waals surface area (Å²) in [5.74, 6) is 0.227. The zero-order valence-electron chi connectivity index (χ0n) is 19.0. The molecular formula is C26H25N3O4S. The Labute approximate surface area is 201 Å². The Hall–Kier alpha value is -3.91. The second-order valence-corrected chi connectivity index (χ2v) is 8.67. The maximum atomic E-state index is 12.8. The number of nitrogens with zero attached hydrogens (tertiary/aromatic N) is 1. The molecule has 0 aliphatic heterocycles. The molecule has 0 saturated carbocycles. The number of carbonyl (C=O) groups is 2. The van der Waals surface area contributed by atoms with Crippen molar-refractivity contribution in [1.82, 2.24) is 4.98 Å². The molecule has 7 nitrogen and oxygen atoms in total. The number of hydrogen-bond acceptors (Lipinski definition) is 6. The molecule has 2 amide bonds. The number of rotatable bonds is 9. The Morgan fingerprint density at radius 2 is 1.76 bits per heavy atom. The first kappa shape index (κ1) is 23.3. The van der Waals surface area contributed by atoms with Crippen molar-refractivity contribution in [2.24, 2.45) is 0 Å². The van der Waals surface area contributed by atoms with Gasteiger partial charge in [0, 0.05) is 11.1 Å². The summed E-state index contributed by atoms with van der Waals surface area (Å²) in [6.07, 6.45) is 3.48. The molecule has 0 spiro atoms. The van der Waals surface area contributed by atoms with Crippen LogP contribution in [0.25, 0.3) is 11.3 Å². The first-order valence-corrected chi connectivity index (χ1v) is 11.8. The number of aromatic nitrogens is 1. The van der Waals surface area contributed by atoms with Crippen LogP contribution in [0.15, 0.2) is 71.3 Å². The lowest BCUT2D eigenvalue weighted by molar-refractivity contribution is 0.0995. The first-order chi connectivity index (χ1) is 16.5. The van der Waals surface area contributed by atoms with Gasteiger partial charge in [0.25, 0.3) is 11.8 Å². The SMILES string of the molecule is CCCCOc1ccc(C(=O)Nc2nc(-c3ccc(C)cc3)c(NC(=O)c3ccco3)s2)cc1. The van der Waals surface area contributed by atoms with E-state index in [1.54, 1.807) is 36.4 Å². The molecule has 8 heteroatoms. The predicted molar refractivity (Wildman–Crippen MR) is 134 cm³/mol. The fourth-order valence-corrected chi connectivity index (χ4v) is 4.02. The van der Waals surface area contributed by atoms with Crippen molar-refractivity contribution in [3.63, 3.8) is 0 Å². The van der Waals surface area contributed by atoms with Crippen LogP contribution in [0.3, 0.4) is 0 Å². The molecule has 0 saturated heterocycles. The molecular weight excluding hydrogens is 450 g/mol. The molecule has 0 atom stereocenters. The van der Waals surface area contributed by atoms with Crippen molar-refractivity contribution >= 4 is 33.3 Å². The van der Waals surface area contributed by atoms with Gasteiger partial charge in [-0.3, -0.25) is 14.9 Å². The molecule has 34 heavy (non-hydrogen) atoms. The summed E-state index contributed by atoms with van der Waals surface area (Å²) in [7, 11) is 0. The average Bonchev–Trinajstić information content (AvgIpc) is 3.51. The van der Waals surface area contributed by atoms with E-state index in [1.807, 2.05) is 31.2 Å². The molecule has 0 aliphatic carbocycles. The van der Waals surface area contributed by atoms with Crippen LogP contribution in [-0.4, -0.2) is 23.4 Å². The van der Waals surface area contributed by atoms with E-state index in [4.69, 9.17) is 9.15 Å². The van der Waals surface area contributed by atoms with E-state index >= 15 is 0 Å². The fourth-order valence-electron chi connectivity index (χ4n) is 3.14. The van der Waals surface area contributed by atoms with E-state index in [0.717, 1.165) is 29.7 Å². The summed E-state index contributed by atoms with van der Waals surface area (Å²) in [6, 6.07) is 18.0. The number of ether oxygens (including phenoxy) is 1. The predicted octanol–water partition coefficient (Wildman–Crippen LogP) is 6.40. The van der Waals surface area contributed by atoms with Crippen molar-refractivity contribution in [2.45, 2.75) is 26.7 Å². The van der Waals surface area contributed by atoms with Crippen molar-refractivity contribution in [3.8, 4) is 17.0 Å². The smallest absolute Gasteiger partial charge is 0.292 e. The second kappa shape index (κ2) is 10.8.